The number of hydrogen-bond acceptors (Lipinski definition) is 8. The molecule has 7 atom stereocenters. The number of nitrogens with zero attached hydrogens (tertiary/aromatic N) is 2. The SMILES string of the molecule is O=C(COc1ccc([C@H]2c3sc(=O)[nH]c3SC3C4CC(C5C(=O)N(c6ccc(F)cc6)C(=O)C45)C32)cc1)N1CCOCC1. The van der Waals surface area contributed by atoms with Gasteiger partial charge in [-0.15, -0.1) is 11.8 Å². The number of rotatable bonds is 5. The molecule has 222 valence electrons. The first-order chi connectivity index (χ1) is 20.9. The van der Waals surface area contributed by atoms with Crippen LogP contribution in [-0.2, 0) is 19.1 Å². The first-order valence-electron chi connectivity index (χ1n) is 14.5. The van der Waals surface area contributed by atoms with Gasteiger partial charge < -0.3 is 19.4 Å². The largest absolute Gasteiger partial charge is 0.484 e. The molecule has 1 aromatic heterocycles. The zero-order chi connectivity index (χ0) is 29.4. The van der Waals surface area contributed by atoms with Crippen LogP contribution in [0.2, 0.25) is 0 Å². The molecular formula is C31H28FN3O6S2. The Labute approximate surface area is 254 Å². The number of amides is 3. The third-order valence-electron chi connectivity index (χ3n) is 9.77. The van der Waals surface area contributed by atoms with Gasteiger partial charge in [-0.1, -0.05) is 23.5 Å². The van der Waals surface area contributed by atoms with Gasteiger partial charge in [-0.25, -0.2) is 4.39 Å². The van der Waals surface area contributed by atoms with Crippen molar-refractivity contribution in [2.75, 3.05) is 37.8 Å². The van der Waals surface area contributed by atoms with E-state index in [1.807, 2.05) is 24.3 Å². The number of fused-ring (bicyclic) bond motifs is 9. The van der Waals surface area contributed by atoms with Crippen molar-refractivity contribution in [2.24, 2.45) is 29.6 Å². The second kappa shape index (κ2) is 10.3. The highest BCUT2D eigenvalue weighted by Gasteiger charge is 2.69. The number of nitrogens with one attached hydrogen (secondary N) is 1. The van der Waals surface area contributed by atoms with Crippen LogP contribution in [0.4, 0.5) is 10.1 Å². The number of H-pyrrole nitrogens is 1. The molecular weight excluding hydrogens is 593 g/mol. The van der Waals surface area contributed by atoms with E-state index in [0.717, 1.165) is 21.9 Å². The molecule has 2 bridgehead atoms. The van der Waals surface area contributed by atoms with Crippen LogP contribution in [0.15, 0.2) is 58.4 Å². The Morgan fingerprint density at radius 3 is 2.40 bits per heavy atom. The number of thioether (sulfide) groups is 1. The number of aromatic amines is 1. The van der Waals surface area contributed by atoms with Crippen molar-refractivity contribution in [3.63, 3.8) is 0 Å². The fourth-order valence-electron chi connectivity index (χ4n) is 8.06. The first-order valence-corrected chi connectivity index (χ1v) is 16.2. The number of carbonyl (C=O) groups excluding carboxylic acids is 3. The molecule has 2 saturated carbocycles. The molecule has 4 heterocycles. The van der Waals surface area contributed by atoms with Crippen molar-refractivity contribution in [1.29, 1.82) is 0 Å². The van der Waals surface area contributed by atoms with Crippen LogP contribution in [0.1, 0.15) is 22.8 Å². The Kier molecular flexibility index (Phi) is 6.50. The topological polar surface area (TPSA) is 109 Å². The average Bonchev–Trinajstić information content (AvgIpc) is 3.76. The van der Waals surface area contributed by atoms with Crippen molar-refractivity contribution >= 4 is 46.5 Å². The molecule has 2 aliphatic carbocycles. The Morgan fingerprint density at radius 2 is 1.67 bits per heavy atom. The fraction of sp³-hybridized carbons (Fsp3) is 0.419. The van der Waals surface area contributed by atoms with Crippen LogP contribution >= 0.6 is 23.1 Å². The van der Waals surface area contributed by atoms with Crippen molar-refractivity contribution in [3.8, 4) is 5.75 Å². The van der Waals surface area contributed by atoms with Crippen molar-refractivity contribution in [1.82, 2.24) is 9.88 Å². The van der Waals surface area contributed by atoms with E-state index in [-0.39, 0.29) is 58.1 Å². The Hall–Kier alpha value is -3.48. The lowest BCUT2D eigenvalue weighted by Gasteiger charge is -2.43. The first kappa shape index (κ1) is 27.1. The second-order valence-electron chi connectivity index (χ2n) is 11.8. The fourth-order valence-corrected chi connectivity index (χ4v) is 10.9. The van der Waals surface area contributed by atoms with Gasteiger partial charge in [-0.05, 0) is 66.1 Å². The van der Waals surface area contributed by atoms with Gasteiger partial charge in [0.05, 0.1) is 35.8 Å². The predicted molar refractivity (Wildman–Crippen MR) is 157 cm³/mol. The van der Waals surface area contributed by atoms with Gasteiger partial charge in [0, 0.05) is 29.1 Å². The van der Waals surface area contributed by atoms with Gasteiger partial charge in [-0.2, -0.15) is 0 Å². The zero-order valence-corrected chi connectivity index (χ0v) is 24.6. The van der Waals surface area contributed by atoms with Crippen LogP contribution in [0, 0.1) is 35.4 Å². The van der Waals surface area contributed by atoms with E-state index in [4.69, 9.17) is 9.47 Å². The molecule has 5 aliphatic rings. The molecule has 8 rings (SSSR count). The molecule has 9 nitrogen and oxygen atoms in total. The van der Waals surface area contributed by atoms with E-state index < -0.39 is 17.7 Å². The number of aromatic nitrogens is 1. The molecule has 0 spiro atoms. The maximum absolute atomic E-state index is 13.8. The smallest absolute Gasteiger partial charge is 0.305 e. The van der Waals surface area contributed by atoms with Gasteiger partial charge in [0.15, 0.2) is 6.61 Å². The number of carbonyl (C=O) groups is 3. The highest BCUT2D eigenvalue weighted by Crippen LogP contribution is 2.68. The predicted octanol–water partition coefficient (Wildman–Crippen LogP) is 3.49. The summed E-state index contributed by atoms with van der Waals surface area (Å²) in [6.45, 7) is 2.13. The minimum absolute atomic E-state index is 0.000225. The van der Waals surface area contributed by atoms with Gasteiger partial charge in [0.1, 0.15) is 11.6 Å². The Bertz CT molecular complexity index is 1670. The summed E-state index contributed by atoms with van der Waals surface area (Å²) in [5.41, 5.74) is 1.42. The molecule has 6 unspecified atom stereocenters. The third kappa shape index (κ3) is 4.28. The number of benzene rings is 2. The lowest BCUT2D eigenvalue weighted by Crippen LogP contribution is -2.43. The normalized spacial score (nSPS) is 30.8. The van der Waals surface area contributed by atoms with E-state index in [2.05, 4.69) is 4.98 Å². The number of anilines is 1. The third-order valence-corrected chi connectivity index (χ3v) is 12.4. The minimum Gasteiger partial charge on any atom is -0.484 e. The van der Waals surface area contributed by atoms with Crippen LogP contribution in [0.25, 0.3) is 0 Å². The molecule has 3 aliphatic heterocycles. The number of imide groups is 1. The summed E-state index contributed by atoms with van der Waals surface area (Å²) >= 11 is 2.84. The van der Waals surface area contributed by atoms with Gasteiger partial charge in [-0.3, -0.25) is 24.1 Å². The standard InChI is InChI=1S/C31H28FN3O6S2/c32-16-3-5-17(6-4-16)35-29(37)24-19-13-20(25(24)30(35)38)26-23(19)22(27-28(42-26)33-31(39)43-27)15-1-7-18(8-2-15)41-14-21(36)34-9-11-40-12-10-34/h1-8,19-20,22-26H,9-14H2,(H,33,39)/t19?,20?,22-,23?,24?,25?,26?/m1/s1. The van der Waals surface area contributed by atoms with Crippen molar-refractivity contribution < 1.29 is 28.2 Å². The van der Waals surface area contributed by atoms with Crippen molar-refractivity contribution in [3.05, 3.63) is 74.5 Å². The van der Waals surface area contributed by atoms with E-state index >= 15 is 0 Å². The molecule has 0 radical (unpaired) electrons. The molecule has 43 heavy (non-hydrogen) atoms. The lowest BCUT2D eigenvalue weighted by atomic mass is 9.68. The highest BCUT2D eigenvalue weighted by atomic mass is 32.2. The van der Waals surface area contributed by atoms with Gasteiger partial charge in [0.25, 0.3) is 5.91 Å². The van der Waals surface area contributed by atoms with Gasteiger partial charge in [0.2, 0.25) is 11.8 Å². The molecule has 2 saturated heterocycles. The van der Waals surface area contributed by atoms with E-state index in [9.17, 15) is 23.6 Å². The Balaban J connectivity index is 1.08. The van der Waals surface area contributed by atoms with Crippen LogP contribution in [0.5, 0.6) is 5.75 Å². The van der Waals surface area contributed by atoms with E-state index in [1.165, 1.54) is 40.5 Å². The molecule has 4 fully saturated rings. The molecule has 3 amide bonds. The molecule has 1 N–H and O–H groups in total. The summed E-state index contributed by atoms with van der Waals surface area (Å²) in [5.74, 6) is -1.26. The summed E-state index contributed by atoms with van der Waals surface area (Å²) < 4.78 is 24.7. The van der Waals surface area contributed by atoms with E-state index in [1.54, 1.807) is 16.7 Å². The molecule has 2 aromatic carbocycles. The van der Waals surface area contributed by atoms with Crippen molar-refractivity contribution in [2.45, 2.75) is 22.6 Å². The molecule has 12 heteroatoms. The highest BCUT2D eigenvalue weighted by molar-refractivity contribution is 8.00. The number of morpholine rings is 1. The van der Waals surface area contributed by atoms with Crippen LogP contribution in [0.3, 0.4) is 0 Å². The maximum atomic E-state index is 13.8. The van der Waals surface area contributed by atoms with Crippen LogP contribution < -0.4 is 14.5 Å². The summed E-state index contributed by atoms with van der Waals surface area (Å²) in [4.78, 5) is 59.4. The summed E-state index contributed by atoms with van der Waals surface area (Å²) in [6.07, 6.45) is 0.785. The Morgan fingerprint density at radius 1 is 0.977 bits per heavy atom. The zero-order valence-electron chi connectivity index (χ0n) is 22.9. The summed E-state index contributed by atoms with van der Waals surface area (Å²) in [6, 6.07) is 13.2. The number of hydrogen-bond donors (Lipinski definition) is 1. The summed E-state index contributed by atoms with van der Waals surface area (Å²) in [5, 5.41) is 0.912. The second-order valence-corrected chi connectivity index (χ2v) is 14.0. The molecule has 3 aromatic rings. The number of halogens is 1. The number of ether oxygens (including phenoxy) is 2. The monoisotopic (exact) mass is 621 g/mol. The quantitative estimate of drug-likeness (QED) is 0.435. The van der Waals surface area contributed by atoms with Crippen LogP contribution in [-0.4, -0.2) is 65.8 Å². The van der Waals surface area contributed by atoms with Gasteiger partial charge >= 0.3 is 4.87 Å². The summed E-state index contributed by atoms with van der Waals surface area (Å²) in [7, 11) is 0. The maximum Gasteiger partial charge on any atom is 0.305 e. The lowest BCUT2D eigenvalue weighted by molar-refractivity contribution is -0.137. The minimum atomic E-state index is -0.432. The van der Waals surface area contributed by atoms with E-state index in [0.29, 0.717) is 37.7 Å². The number of thiazole rings is 1. The average molecular weight is 622 g/mol.